The number of hydrogen-bond donors (Lipinski definition) is 3. The van der Waals surface area contributed by atoms with E-state index in [9.17, 15) is 24.9 Å². The van der Waals surface area contributed by atoms with Gasteiger partial charge in [0.2, 0.25) is 0 Å². The molecule has 0 aromatic carbocycles. The van der Waals surface area contributed by atoms with E-state index in [0.29, 0.717) is 25.7 Å². The first-order valence-electron chi connectivity index (χ1n) is 18.8. The summed E-state index contributed by atoms with van der Waals surface area (Å²) >= 11 is 0. The second-order valence-electron chi connectivity index (χ2n) is 14.4. The van der Waals surface area contributed by atoms with Gasteiger partial charge in [-0.05, 0) is 77.6 Å². The summed E-state index contributed by atoms with van der Waals surface area (Å²) in [7, 11) is 0. The van der Waals surface area contributed by atoms with Crippen LogP contribution >= 0.6 is 0 Å². The molecule has 0 radical (unpaired) electrons. The van der Waals surface area contributed by atoms with Gasteiger partial charge in [-0.2, -0.15) is 0 Å². The highest BCUT2D eigenvalue weighted by atomic mass is 16.6. The lowest BCUT2D eigenvalue weighted by Gasteiger charge is -2.24. The molecule has 3 fully saturated rings. The van der Waals surface area contributed by atoms with Gasteiger partial charge in [0.05, 0.1) is 48.6 Å². The predicted molar refractivity (Wildman–Crippen MR) is 176 cm³/mol. The molecule has 0 aromatic rings. The van der Waals surface area contributed by atoms with Crippen LogP contribution in [0.15, 0.2) is 0 Å². The Hall–Kier alpha value is -1.06. The van der Waals surface area contributed by atoms with E-state index in [1.54, 1.807) is 0 Å². The Balaban J connectivity index is 1.16. The molecule has 8 heteroatoms. The van der Waals surface area contributed by atoms with Gasteiger partial charge in [0.25, 0.3) is 0 Å². The minimum atomic E-state index is -0.625. The van der Waals surface area contributed by atoms with Crippen LogP contribution in [-0.4, -0.2) is 75.9 Å². The van der Waals surface area contributed by atoms with Crippen molar-refractivity contribution in [3.63, 3.8) is 0 Å². The maximum atomic E-state index is 11.9. The van der Waals surface area contributed by atoms with Gasteiger partial charge in [-0.15, -0.1) is 0 Å². The van der Waals surface area contributed by atoms with Gasteiger partial charge in [-0.25, -0.2) is 0 Å². The first-order valence-corrected chi connectivity index (χ1v) is 18.8. The van der Waals surface area contributed by atoms with Gasteiger partial charge in [-0.1, -0.05) is 84.0 Å². The first kappa shape index (κ1) is 38.4. The van der Waals surface area contributed by atoms with Crippen molar-refractivity contribution in [2.45, 2.75) is 217 Å². The number of Topliss-reactive ketones (excluding diaryl/α,β-unsaturated/α-hetero) is 1. The number of carbonyl (C=O) groups excluding carboxylic acids is 2. The minimum Gasteiger partial charge on any atom is -0.462 e. The molecule has 0 aliphatic carbocycles. The first-order chi connectivity index (χ1) is 21.8. The Morgan fingerprint density at radius 2 is 1.16 bits per heavy atom. The lowest BCUT2D eigenvalue weighted by atomic mass is 9.96. The van der Waals surface area contributed by atoms with E-state index >= 15 is 0 Å². The fourth-order valence-corrected chi connectivity index (χ4v) is 7.56. The third kappa shape index (κ3) is 14.7. The third-order valence-corrected chi connectivity index (χ3v) is 10.4. The average Bonchev–Trinajstić information content (AvgIpc) is 3.77. The summed E-state index contributed by atoms with van der Waals surface area (Å²) in [4.78, 5) is 23.2. The maximum Gasteiger partial charge on any atom is 0.309 e. The van der Waals surface area contributed by atoms with Crippen molar-refractivity contribution in [1.29, 1.82) is 0 Å². The topological polar surface area (TPSA) is 123 Å². The van der Waals surface area contributed by atoms with Gasteiger partial charge in [0, 0.05) is 6.42 Å². The van der Waals surface area contributed by atoms with Crippen LogP contribution < -0.4 is 0 Å². The number of ether oxygens (including phenoxy) is 3. The number of aliphatic hydroxyl groups is 3. The van der Waals surface area contributed by atoms with Crippen molar-refractivity contribution >= 4 is 11.8 Å². The van der Waals surface area contributed by atoms with Gasteiger partial charge in [0.15, 0.2) is 0 Å². The van der Waals surface area contributed by atoms with Crippen LogP contribution in [0.3, 0.4) is 0 Å². The minimum absolute atomic E-state index is 0.0249. The Morgan fingerprint density at radius 3 is 1.76 bits per heavy atom. The molecule has 9 atom stereocenters. The van der Waals surface area contributed by atoms with Crippen molar-refractivity contribution in [2.75, 3.05) is 0 Å². The smallest absolute Gasteiger partial charge is 0.309 e. The largest absolute Gasteiger partial charge is 0.462 e. The highest BCUT2D eigenvalue weighted by Crippen LogP contribution is 2.31. The molecule has 3 aliphatic heterocycles. The molecule has 262 valence electrons. The summed E-state index contributed by atoms with van der Waals surface area (Å²) in [5.74, 6) is -0.398. The zero-order valence-electron chi connectivity index (χ0n) is 28.5. The van der Waals surface area contributed by atoms with E-state index in [1.807, 2.05) is 0 Å². The lowest BCUT2D eigenvalue weighted by molar-refractivity contribution is -0.145. The quantitative estimate of drug-likeness (QED) is 0.0714. The molecule has 0 spiro atoms. The van der Waals surface area contributed by atoms with Crippen LogP contribution in [-0.2, 0) is 23.8 Å². The highest BCUT2D eigenvalue weighted by molar-refractivity contribution is 5.83. The van der Waals surface area contributed by atoms with E-state index in [-0.39, 0.29) is 48.2 Å². The lowest BCUT2D eigenvalue weighted by Crippen LogP contribution is -2.33. The number of esters is 1. The number of cyclic esters (lactones) is 1. The van der Waals surface area contributed by atoms with Crippen molar-refractivity contribution in [3.05, 3.63) is 0 Å². The summed E-state index contributed by atoms with van der Waals surface area (Å²) < 4.78 is 17.7. The van der Waals surface area contributed by atoms with Crippen molar-refractivity contribution in [2.24, 2.45) is 5.92 Å². The zero-order valence-corrected chi connectivity index (χ0v) is 28.5. The third-order valence-electron chi connectivity index (χ3n) is 10.4. The van der Waals surface area contributed by atoms with Gasteiger partial charge < -0.3 is 34.3 Å². The Morgan fingerprint density at radius 1 is 0.667 bits per heavy atom. The monoisotopic (exact) mass is 638 g/mol. The number of hydrogen-bond acceptors (Lipinski definition) is 8. The fraction of sp³-hybridized carbons (Fsp3) is 0.946. The van der Waals surface area contributed by atoms with E-state index in [0.717, 1.165) is 89.9 Å². The van der Waals surface area contributed by atoms with Crippen molar-refractivity contribution in [1.82, 2.24) is 0 Å². The molecule has 3 rings (SSSR count). The molecule has 3 saturated heterocycles. The van der Waals surface area contributed by atoms with E-state index in [4.69, 9.17) is 14.2 Å². The molecule has 3 N–H and O–H groups in total. The molecule has 0 bridgehead atoms. The molecule has 0 unspecified atom stereocenters. The number of unbranched alkanes of at least 4 members (excludes halogenated alkanes) is 11. The number of aliphatic hydroxyl groups excluding tert-OH is 3. The Kier molecular flexibility index (Phi) is 18.5. The molecule has 45 heavy (non-hydrogen) atoms. The number of ketones is 1. The summed E-state index contributed by atoms with van der Waals surface area (Å²) in [6.07, 6.45) is 21.5. The summed E-state index contributed by atoms with van der Waals surface area (Å²) in [5.41, 5.74) is 0. The molecular formula is C37H66O8. The second kappa shape index (κ2) is 21.7. The molecule has 0 saturated carbocycles. The molecule has 0 amide bonds. The zero-order chi connectivity index (χ0) is 32.4. The predicted octanol–water partition coefficient (Wildman–Crippen LogP) is 7.12. The molecule has 3 aliphatic rings. The molecule has 3 heterocycles. The maximum absolute atomic E-state index is 11.9. The van der Waals surface area contributed by atoms with Crippen molar-refractivity contribution in [3.8, 4) is 0 Å². The SMILES string of the molecule is CCCCCCCCCC[C@H](O)[C@@H]1CC[C@H]([C@@H](O)CC[C@H](O)[C@@H]2CC[C@H](CCCCCCC[C@@H]3C[C@H](CC(C)=O)C(=O)O3)O2)O1. The van der Waals surface area contributed by atoms with Gasteiger partial charge in [-0.3, -0.25) is 4.79 Å². The summed E-state index contributed by atoms with van der Waals surface area (Å²) in [5, 5.41) is 32.1. The molecule has 0 aromatic heterocycles. The standard InChI is InChI=1S/C37H66O8/c1-3-4-5-6-7-8-12-15-18-31(39)35-23-24-36(45-35)33(41)21-20-32(40)34-22-19-29(43-34)16-13-10-9-11-14-17-30-26-28(25-27(2)38)37(42)44-30/h28-36,39-41H,3-26H2,1-2H3/t28-,29-,30+,31-,32-,33-,34-,35-,36+/m0/s1. The Labute approximate surface area is 273 Å². The van der Waals surface area contributed by atoms with E-state index in [1.165, 1.54) is 45.4 Å². The van der Waals surface area contributed by atoms with Crippen LogP contribution in [0, 0.1) is 5.92 Å². The van der Waals surface area contributed by atoms with Crippen molar-refractivity contribution < 1.29 is 39.1 Å². The molecule has 8 nitrogen and oxygen atoms in total. The second-order valence-corrected chi connectivity index (χ2v) is 14.4. The van der Waals surface area contributed by atoms with Crippen LogP contribution in [0.2, 0.25) is 0 Å². The van der Waals surface area contributed by atoms with Crippen LogP contribution in [0.4, 0.5) is 0 Å². The van der Waals surface area contributed by atoms with Crippen LogP contribution in [0.1, 0.15) is 168 Å². The highest BCUT2D eigenvalue weighted by Gasteiger charge is 2.36. The van der Waals surface area contributed by atoms with Crippen LogP contribution in [0.5, 0.6) is 0 Å². The fourth-order valence-electron chi connectivity index (χ4n) is 7.56. The average molecular weight is 639 g/mol. The molecular weight excluding hydrogens is 572 g/mol. The van der Waals surface area contributed by atoms with E-state index < -0.39 is 18.3 Å². The normalized spacial score (nSPS) is 28.8. The van der Waals surface area contributed by atoms with Crippen LogP contribution in [0.25, 0.3) is 0 Å². The Bertz CT molecular complexity index is 820. The number of rotatable bonds is 25. The summed E-state index contributed by atoms with van der Waals surface area (Å²) in [6.45, 7) is 3.77. The number of carbonyl (C=O) groups is 2. The van der Waals surface area contributed by atoms with Gasteiger partial charge >= 0.3 is 5.97 Å². The van der Waals surface area contributed by atoms with E-state index in [2.05, 4.69) is 6.92 Å². The van der Waals surface area contributed by atoms with Gasteiger partial charge in [0.1, 0.15) is 11.9 Å². The summed E-state index contributed by atoms with van der Waals surface area (Å²) in [6, 6.07) is 0.